The van der Waals surface area contributed by atoms with Crippen LogP contribution >= 0.6 is 0 Å². The average Bonchev–Trinajstić information content (AvgIpc) is 3.13. The summed E-state index contributed by atoms with van der Waals surface area (Å²) in [4.78, 5) is 12.4. The quantitative estimate of drug-likeness (QED) is 0.616. The second-order valence-corrected chi connectivity index (χ2v) is 8.77. The number of rotatable bonds is 3. The minimum Gasteiger partial charge on any atom is -0.449 e. The Bertz CT molecular complexity index is 982. The fourth-order valence-electron chi connectivity index (χ4n) is 3.77. The molecule has 2 heterocycles. The lowest BCUT2D eigenvalue weighted by Gasteiger charge is -2.27. The normalized spacial score (nSPS) is 26.0. The van der Waals surface area contributed by atoms with Crippen molar-refractivity contribution in [2.75, 3.05) is 13.1 Å². The number of hydrogen-bond acceptors (Lipinski definition) is 4. The maximum absolute atomic E-state index is 13.1. The molecule has 0 saturated carbocycles. The molecule has 0 aliphatic carbocycles. The Morgan fingerprint density at radius 3 is 2.42 bits per heavy atom. The minimum absolute atomic E-state index is 0.0860. The summed E-state index contributed by atoms with van der Waals surface area (Å²) in [6.07, 6.45) is 0. The van der Waals surface area contributed by atoms with Gasteiger partial charge >= 0.3 is 5.97 Å². The van der Waals surface area contributed by atoms with Crippen molar-refractivity contribution in [2.24, 2.45) is 5.92 Å². The van der Waals surface area contributed by atoms with E-state index in [1.165, 1.54) is 4.31 Å². The number of fused-ring (bicyclic) bond motifs is 1. The molecule has 0 aromatic heterocycles. The molecule has 2 fully saturated rings. The van der Waals surface area contributed by atoms with Gasteiger partial charge in [0, 0.05) is 18.0 Å². The largest absolute Gasteiger partial charge is 0.449 e. The molecule has 6 heteroatoms. The van der Waals surface area contributed by atoms with Crippen molar-refractivity contribution in [3.05, 3.63) is 77.9 Å². The van der Waals surface area contributed by atoms with Gasteiger partial charge in [-0.25, -0.2) is 13.2 Å². The maximum atomic E-state index is 13.1. The smallest absolute Gasteiger partial charge is 0.334 e. The van der Waals surface area contributed by atoms with E-state index in [2.05, 4.69) is 6.58 Å². The van der Waals surface area contributed by atoms with Crippen LogP contribution in [0.25, 0.3) is 0 Å². The van der Waals surface area contributed by atoms with Crippen LogP contribution < -0.4 is 0 Å². The zero-order valence-corrected chi connectivity index (χ0v) is 15.2. The summed E-state index contributed by atoms with van der Waals surface area (Å²) in [7, 11) is -3.68. The molecule has 0 amide bonds. The van der Waals surface area contributed by atoms with Crippen molar-refractivity contribution < 1.29 is 17.9 Å². The lowest BCUT2D eigenvalue weighted by Crippen LogP contribution is -2.36. The van der Waals surface area contributed by atoms with E-state index >= 15 is 0 Å². The van der Waals surface area contributed by atoms with Crippen molar-refractivity contribution >= 4 is 16.0 Å². The van der Waals surface area contributed by atoms with Gasteiger partial charge in [0.25, 0.3) is 0 Å². The number of ether oxygens (including phenoxy) is 1. The van der Waals surface area contributed by atoms with E-state index in [4.69, 9.17) is 4.74 Å². The van der Waals surface area contributed by atoms with Gasteiger partial charge < -0.3 is 4.74 Å². The highest BCUT2D eigenvalue weighted by Gasteiger charge is 2.60. The highest BCUT2D eigenvalue weighted by molar-refractivity contribution is 7.89. The molecule has 0 spiro atoms. The highest BCUT2D eigenvalue weighted by Crippen LogP contribution is 2.50. The van der Waals surface area contributed by atoms with Gasteiger partial charge in [0.2, 0.25) is 10.0 Å². The molecule has 2 atom stereocenters. The zero-order chi connectivity index (χ0) is 18.5. The monoisotopic (exact) mass is 369 g/mol. The van der Waals surface area contributed by atoms with Gasteiger partial charge in [-0.15, -0.1) is 0 Å². The van der Waals surface area contributed by atoms with Crippen molar-refractivity contribution in [2.45, 2.75) is 17.4 Å². The summed E-state index contributed by atoms with van der Waals surface area (Å²) in [6, 6.07) is 16.1. The van der Waals surface area contributed by atoms with Crippen molar-refractivity contribution in [1.29, 1.82) is 0 Å². The van der Waals surface area contributed by atoms with E-state index in [0.717, 1.165) is 11.1 Å². The predicted octanol–water partition coefficient (Wildman–Crippen LogP) is 2.62. The van der Waals surface area contributed by atoms with Gasteiger partial charge in [0.05, 0.1) is 11.4 Å². The molecule has 0 N–H and O–H groups in total. The summed E-state index contributed by atoms with van der Waals surface area (Å²) in [6.45, 7) is 6.02. The van der Waals surface area contributed by atoms with E-state index < -0.39 is 27.5 Å². The van der Waals surface area contributed by atoms with Gasteiger partial charge in [-0.1, -0.05) is 54.6 Å². The molecule has 0 bridgehead atoms. The highest BCUT2D eigenvalue weighted by atomic mass is 32.2. The molecular weight excluding hydrogens is 350 g/mol. The first-order valence-electron chi connectivity index (χ1n) is 8.39. The van der Waals surface area contributed by atoms with Crippen LogP contribution in [0.3, 0.4) is 0 Å². The lowest BCUT2D eigenvalue weighted by molar-refractivity contribution is -0.147. The Morgan fingerprint density at radius 2 is 1.77 bits per heavy atom. The third-order valence-electron chi connectivity index (χ3n) is 5.24. The molecular formula is C20H19NO4S. The van der Waals surface area contributed by atoms with Gasteiger partial charge in [-0.05, 0) is 24.6 Å². The van der Waals surface area contributed by atoms with Crippen molar-refractivity contribution in [3.63, 3.8) is 0 Å². The summed E-state index contributed by atoms with van der Waals surface area (Å²) < 4.78 is 33.3. The van der Waals surface area contributed by atoms with E-state index in [1.54, 1.807) is 24.3 Å². The van der Waals surface area contributed by atoms with Crippen LogP contribution in [0.15, 0.2) is 71.6 Å². The van der Waals surface area contributed by atoms with Crippen LogP contribution in [0.4, 0.5) is 0 Å². The number of carbonyl (C=O) groups excluding carboxylic acids is 1. The topological polar surface area (TPSA) is 63.7 Å². The molecule has 0 radical (unpaired) electrons. The molecule has 134 valence electrons. The van der Waals surface area contributed by atoms with Crippen LogP contribution in [0.2, 0.25) is 0 Å². The number of carbonyl (C=O) groups is 1. The predicted molar refractivity (Wildman–Crippen MR) is 96.8 cm³/mol. The Labute approximate surface area is 153 Å². The second kappa shape index (κ2) is 5.79. The molecule has 2 aliphatic rings. The summed E-state index contributed by atoms with van der Waals surface area (Å²) in [5, 5.41) is 0. The molecule has 2 saturated heterocycles. The van der Waals surface area contributed by atoms with Gasteiger partial charge in [0.1, 0.15) is 0 Å². The molecule has 4 rings (SSSR count). The fraction of sp³-hybridized carbons (Fsp3) is 0.250. The number of esters is 1. The molecule has 2 aliphatic heterocycles. The molecule has 0 unspecified atom stereocenters. The number of benzene rings is 2. The van der Waals surface area contributed by atoms with Gasteiger partial charge in [0.15, 0.2) is 5.60 Å². The standard InChI is InChI=1S/C20H19NO4S/c1-14-8-10-17(11-9-14)26(23,24)21-12-18-15(2)19(22)25-20(18,13-21)16-6-4-3-5-7-16/h3-11,18H,2,12-13H2,1H3/t18-,20+/m1/s1. The molecule has 2 aromatic carbocycles. The first kappa shape index (κ1) is 17.0. The van der Waals surface area contributed by atoms with Crippen LogP contribution in [-0.4, -0.2) is 31.8 Å². The summed E-state index contributed by atoms with van der Waals surface area (Å²) in [5.41, 5.74) is 1.10. The van der Waals surface area contributed by atoms with Crippen molar-refractivity contribution in [3.8, 4) is 0 Å². The fourth-order valence-corrected chi connectivity index (χ4v) is 5.26. The van der Waals surface area contributed by atoms with Crippen LogP contribution in [0, 0.1) is 12.8 Å². The van der Waals surface area contributed by atoms with E-state index in [9.17, 15) is 13.2 Å². The molecule has 5 nitrogen and oxygen atoms in total. The van der Waals surface area contributed by atoms with E-state index in [-0.39, 0.29) is 18.0 Å². The minimum atomic E-state index is -3.68. The molecule has 2 aromatic rings. The molecule has 26 heavy (non-hydrogen) atoms. The van der Waals surface area contributed by atoms with Gasteiger partial charge in [-0.3, -0.25) is 0 Å². The summed E-state index contributed by atoms with van der Waals surface area (Å²) in [5.74, 6) is -0.844. The second-order valence-electron chi connectivity index (χ2n) is 6.83. The third kappa shape index (κ3) is 2.40. The SMILES string of the molecule is C=C1C(=O)O[C@]2(c3ccccc3)CN(S(=O)(=O)c3ccc(C)cc3)C[C@H]12. The number of aryl methyl sites for hydroxylation is 1. The average molecular weight is 369 g/mol. The third-order valence-corrected chi connectivity index (χ3v) is 7.07. The van der Waals surface area contributed by atoms with E-state index in [1.807, 2.05) is 37.3 Å². The number of hydrogen-bond donors (Lipinski definition) is 0. The summed E-state index contributed by atoms with van der Waals surface area (Å²) >= 11 is 0. The Kier molecular flexibility index (Phi) is 3.78. The maximum Gasteiger partial charge on any atom is 0.334 e. The van der Waals surface area contributed by atoms with Crippen LogP contribution in [0.5, 0.6) is 0 Å². The van der Waals surface area contributed by atoms with Crippen molar-refractivity contribution in [1.82, 2.24) is 4.31 Å². The lowest BCUT2D eigenvalue weighted by atomic mass is 9.82. The first-order valence-corrected chi connectivity index (χ1v) is 9.83. The zero-order valence-electron chi connectivity index (χ0n) is 14.4. The van der Waals surface area contributed by atoms with Crippen LogP contribution in [0.1, 0.15) is 11.1 Å². The first-order chi connectivity index (χ1) is 12.3. The van der Waals surface area contributed by atoms with E-state index in [0.29, 0.717) is 5.57 Å². The Morgan fingerprint density at radius 1 is 1.12 bits per heavy atom. The number of sulfonamides is 1. The Balaban J connectivity index is 1.76. The van der Waals surface area contributed by atoms with Gasteiger partial charge in [-0.2, -0.15) is 4.31 Å². The number of nitrogens with zero attached hydrogens (tertiary/aromatic N) is 1. The van der Waals surface area contributed by atoms with Crippen LogP contribution in [-0.2, 0) is 25.2 Å². The Hall–Kier alpha value is -2.44.